The van der Waals surface area contributed by atoms with Crippen LogP contribution in [-0.4, -0.2) is 10.2 Å². The van der Waals surface area contributed by atoms with Gasteiger partial charge in [-0.2, -0.15) is 0 Å². The summed E-state index contributed by atoms with van der Waals surface area (Å²) in [5.74, 6) is -0.996. The number of fused-ring (bicyclic) bond motifs is 1. The lowest BCUT2D eigenvalue weighted by Gasteiger charge is -2.06. The van der Waals surface area contributed by atoms with Crippen molar-refractivity contribution in [3.63, 3.8) is 0 Å². The van der Waals surface area contributed by atoms with E-state index in [9.17, 15) is 19.9 Å². The number of phenols is 1. The fraction of sp³-hybridized carbons (Fsp3) is 0. The normalized spacial score (nSPS) is 10.7. The Morgan fingerprint density at radius 1 is 1.05 bits per heavy atom. The number of rotatable bonds is 2. The van der Waals surface area contributed by atoms with Gasteiger partial charge in [0.05, 0.1) is 5.39 Å². The predicted molar refractivity (Wildman–Crippen MR) is 76.7 cm³/mol. The summed E-state index contributed by atoms with van der Waals surface area (Å²) >= 11 is 0. The zero-order chi connectivity index (χ0) is 15.0. The molecule has 0 bridgehead atoms. The van der Waals surface area contributed by atoms with Crippen LogP contribution in [0.2, 0.25) is 0 Å². The molecule has 2 aromatic carbocycles. The molecule has 0 fully saturated rings. The van der Waals surface area contributed by atoms with E-state index in [-0.39, 0.29) is 28.1 Å². The van der Waals surface area contributed by atoms with E-state index in [0.717, 1.165) is 0 Å². The van der Waals surface area contributed by atoms with Crippen molar-refractivity contribution >= 4 is 16.7 Å². The third-order valence-electron chi connectivity index (χ3n) is 3.11. The Bertz CT molecular complexity index is 914. The van der Waals surface area contributed by atoms with Crippen LogP contribution in [-0.2, 0) is 0 Å². The Hall–Kier alpha value is -3.15. The lowest BCUT2D eigenvalue weighted by molar-refractivity contribution is 0.448. The average Bonchev–Trinajstić information content (AvgIpc) is 2.51. The molecule has 2 N–H and O–H groups in total. The molecule has 0 amide bonds. The van der Waals surface area contributed by atoms with E-state index in [1.807, 2.05) is 0 Å². The summed E-state index contributed by atoms with van der Waals surface area (Å²) in [4.78, 5) is 22.5. The molecule has 3 aromatic rings. The third kappa shape index (κ3) is 2.02. The number of nitroso groups, excluding NO2 is 1. The number of phenolic OH excluding ortho intramolecular Hbond substituents is 1. The summed E-state index contributed by atoms with van der Waals surface area (Å²) in [7, 11) is 0. The smallest absolute Gasteiger partial charge is 0.235 e. The van der Waals surface area contributed by atoms with E-state index in [4.69, 9.17) is 4.42 Å². The standard InChI is InChI=1S/C15H9NO5/c17-11-7-8(5-6-10(11)16-20)15-14(19)13(18)9-3-1-2-4-12(9)21-15/h1-7,17,19H. The van der Waals surface area contributed by atoms with Gasteiger partial charge in [-0.05, 0) is 35.5 Å². The largest absolute Gasteiger partial charge is 0.506 e. The second-order valence-corrected chi connectivity index (χ2v) is 4.40. The molecule has 0 spiro atoms. The molecule has 1 heterocycles. The molecule has 0 aliphatic heterocycles. The van der Waals surface area contributed by atoms with Gasteiger partial charge in [-0.25, -0.2) is 0 Å². The van der Waals surface area contributed by atoms with Crippen molar-refractivity contribution in [3.8, 4) is 22.8 Å². The monoisotopic (exact) mass is 283 g/mol. The SMILES string of the molecule is O=Nc1ccc(-c2oc3ccccc3c(=O)c2O)cc1O. The predicted octanol–water partition coefficient (Wildman–Crippen LogP) is 3.27. The van der Waals surface area contributed by atoms with Crippen LogP contribution in [0, 0.1) is 4.91 Å². The first-order chi connectivity index (χ1) is 10.1. The number of para-hydroxylation sites is 1. The van der Waals surface area contributed by atoms with Crippen molar-refractivity contribution in [2.24, 2.45) is 5.18 Å². The molecule has 6 heteroatoms. The minimum Gasteiger partial charge on any atom is -0.506 e. The first-order valence-electron chi connectivity index (χ1n) is 6.03. The topological polar surface area (TPSA) is 100 Å². The van der Waals surface area contributed by atoms with Gasteiger partial charge in [0.2, 0.25) is 11.2 Å². The molecule has 0 aliphatic rings. The first kappa shape index (κ1) is 12.9. The van der Waals surface area contributed by atoms with Gasteiger partial charge in [0.15, 0.2) is 5.76 Å². The van der Waals surface area contributed by atoms with E-state index in [0.29, 0.717) is 5.58 Å². The van der Waals surface area contributed by atoms with Crippen LogP contribution < -0.4 is 5.43 Å². The van der Waals surface area contributed by atoms with Gasteiger partial charge in [0.25, 0.3) is 0 Å². The fourth-order valence-electron chi connectivity index (χ4n) is 2.07. The maximum absolute atomic E-state index is 12.1. The van der Waals surface area contributed by atoms with Gasteiger partial charge in [-0.3, -0.25) is 4.79 Å². The number of hydrogen-bond donors (Lipinski definition) is 2. The van der Waals surface area contributed by atoms with Gasteiger partial charge in [-0.1, -0.05) is 12.1 Å². The van der Waals surface area contributed by atoms with Crippen LogP contribution in [0.3, 0.4) is 0 Å². The molecule has 0 unspecified atom stereocenters. The Labute approximate surface area is 117 Å². The van der Waals surface area contributed by atoms with Gasteiger partial charge < -0.3 is 14.6 Å². The van der Waals surface area contributed by atoms with Crippen LogP contribution in [0.5, 0.6) is 11.5 Å². The maximum atomic E-state index is 12.1. The molecular weight excluding hydrogens is 274 g/mol. The van der Waals surface area contributed by atoms with Crippen molar-refractivity contribution in [1.29, 1.82) is 0 Å². The van der Waals surface area contributed by atoms with Crippen LogP contribution in [0.25, 0.3) is 22.3 Å². The van der Waals surface area contributed by atoms with Crippen LogP contribution in [0.15, 0.2) is 56.9 Å². The van der Waals surface area contributed by atoms with Gasteiger partial charge in [-0.15, -0.1) is 4.91 Å². The summed E-state index contributed by atoms with van der Waals surface area (Å²) in [6.07, 6.45) is 0. The molecule has 104 valence electrons. The lowest BCUT2D eigenvalue weighted by atomic mass is 10.1. The van der Waals surface area contributed by atoms with Crippen LogP contribution in [0.4, 0.5) is 5.69 Å². The summed E-state index contributed by atoms with van der Waals surface area (Å²) in [5, 5.41) is 22.5. The van der Waals surface area contributed by atoms with Crippen molar-refractivity contribution in [3.05, 3.63) is 57.6 Å². The summed E-state index contributed by atoms with van der Waals surface area (Å²) in [6.45, 7) is 0. The van der Waals surface area contributed by atoms with E-state index in [2.05, 4.69) is 5.18 Å². The second-order valence-electron chi connectivity index (χ2n) is 4.40. The van der Waals surface area contributed by atoms with Crippen molar-refractivity contribution < 1.29 is 14.6 Å². The van der Waals surface area contributed by atoms with E-state index < -0.39 is 11.2 Å². The van der Waals surface area contributed by atoms with E-state index in [1.165, 1.54) is 18.2 Å². The minimum absolute atomic E-state index is 0.0774. The molecule has 0 atom stereocenters. The first-order valence-corrected chi connectivity index (χ1v) is 6.03. The number of benzene rings is 2. The minimum atomic E-state index is -0.566. The number of aromatic hydroxyl groups is 2. The highest BCUT2D eigenvalue weighted by atomic mass is 16.4. The van der Waals surface area contributed by atoms with Crippen molar-refractivity contribution in [2.75, 3.05) is 0 Å². The molecular formula is C15H9NO5. The molecule has 0 saturated carbocycles. The average molecular weight is 283 g/mol. The lowest BCUT2D eigenvalue weighted by Crippen LogP contribution is -2.02. The zero-order valence-electron chi connectivity index (χ0n) is 10.6. The zero-order valence-corrected chi connectivity index (χ0v) is 10.6. The highest BCUT2D eigenvalue weighted by Crippen LogP contribution is 2.35. The summed E-state index contributed by atoms with van der Waals surface area (Å²) in [5.41, 5.74) is -0.127. The highest BCUT2D eigenvalue weighted by Gasteiger charge is 2.16. The highest BCUT2D eigenvalue weighted by molar-refractivity contribution is 5.82. The quantitative estimate of drug-likeness (QED) is 0.703. The molecule has 0 radical (unpaired) electrons. The Balaban J connectivity index is 2.30. The third-order valence-corrected chi connectivity index (χ3v) is 3.11. The summed E-state index contributed by atoms with van der Waals surface area (Å²) < 4.78 is 5.52. The molecule has 6 nitrogen and oxygen atoms in total. The van der Waals surface area contributed by atoms with Gasteiger partial charge in [0.1, 0.15) is 17.0 Å². The van der Waals surface area contributed by atoms with E-state index in [1.54, 1.807) is 24.3 Å². The Kier molecular flexibility index (Phi) is 2.91. The fourth-order valence-corrected chi connectivity index (χ4v) is 2.07. The van der Waals surface area contributed by atoms with E-state index >= 15 is 0 Å². The molecule has 3 rings (SSSR count). The second kappa shape index (κ2) is 4.75. The Morgan fingerprint density at radius 2 is 1.81 bits per heavy atom. The number of hydrogen-bond acceptors (Lipinski definition) is 6. The Morgan fingerprint density at radius 3 is 2.52 bits per heavy atom. The van der Waals surface area contributed by atoms with Crippen molar-refractivity contribution in [1.82, 2.24) is 0 Å². The maximum Gasteiger partial charge on any atom is 0.235 e. The summed E-state index contributed by atoms with van der Waals surface area (Å²) in [6, 6.07) is 10.4. The molecule has 21 heavy (non-hydrogen) atoms. The van der Waals surface area contributed by atoms with Crippen LogP contribution >= 0.6 is 0 Å². The van der Waals surface area contributed by atoms with Crippen molar-refractivity contribution in [2.45, 2.75) is 0 Å². The number of nitrogens with zero attached hydrogens (tertiary/aromatic N) is 1. The van der Waals surface area contributed by atoms with Gasteiger partial charge >= 0.3 is 0 Å². The molecule has 0 aliphatic carbocycles. The molecule has 0 saturated heterocycles. The van der Waals surface area contributed by atoms with Gasteiger partial charge in [0, 0.05) is 5.56 Å². The molecule has 1 aromatic heterocycles. The van der Waals surface area contributed by atoms with Crippen LogP contribution in [0.1, 0.15) is 0 Å².